The second-order valence-corrected chi connectivity index (χ2v) is 5.82. The van der Waals surface area contributed by atoms with Gasteiger partial charge in [-0.25, -0.2) is 4.39 Å². The van der Waals surface area contributed by atoms with Crippen LogP contribution in [0.2, 0.25) is 5.02 Å². The van der Waals surface area contributed by atoms with Crippen molar-refractivity contribution in [1.29, 1.82) is 0 Å². The van der Waals surface area contributed by atoms with Crippen LogP contribution in [0.25, 0.3) is 0 Å². The first kappa shape index (κ1) is 15.3. The normalized spacial score (nSPS) is 22.6. The molecule has 1 aliphatic carbocycles. The summed E-state index contributed by atoms with van der Waals surface area (Å²) in [6.45, 7) is 0.556. The van der Waals surface area contributed by atoms with Gasteiger partial charge in [-0.2, -0.15) is 0 Å². The predicted molar refractivity (Wildman–Crippen MR) is 78.3 cm³/mol. The molecule has 0 radical (unpaired) electrons. The maximum atomic E-state index is 13.8. The summed E-state index contributed by atoms with van der Waals surface area (Å²) < 4.78 is 13.8. The van der Waals surface area contributed by atoms with Gasteiger partial charge in [-0.05, 0) is 43.5 Å². The standard InChI is InChI=1S/C15H20ClFN2O/c1-19(14-5-3-2-4-10(14)9-18)15(20)12-8-11(16)6-7-13(12)17/h6-8,10,14H,2-5,9,18H2,1H3. The first-order valence-corrected chi connectivity index (χ1v) is 7.34. The van der Waals surface area contributed by atoms with Crippen LogP contribution in [0.1, 0.15) is 36.0 Å². The van der Waals surface area contributed by atoms with Crippen LogP contribution in [0.3, 0.4) is 0 Å². The lowest BCUT2D eigenvalue weighted by molar-refractivity contribution is 0.0616. The van der Waals surface area contributed by atoms with Crippen LogP contribution in [0.4, 0.5) is 4.39 Å². The van der Waals surface area contributed by atoms with Crippen LogP contribution in [-0.2, 0) is 0 Å². The van der Waals surface area contributed by atoms with Gasteiger partial charge < -0.3 is 10.6 Å². The van der Waals surface area contributed by atoms with Crippen molar-refractivity contribution in [2.24, 2.45) is 11.7 Å². The molecule has 1 amide bonds. The number of carbonyl (C=O) groups is 1. The van der Waals surface area contributed by atoms with Crippen molar-refractivity contribution < 1.29 is 9.18 Å². The fourth-order valence-corrected chi connectivity index (χ4v) is 3.15. The van der Waals surface area contributed by atoms with Crippen LogP contribution in [0.5, 0.6) is 0 Å². The molecule has 20 heavy (non-hydrogen) atoms. The molecule has 1 saturated carbocycles. The molecule has 1 aliphatic rings. The minimum atomic E-state index is -0.536. The second-order valence-electron chi connectivity index (χ2n) is 5.39. The summed E-state index contributed by atoms with van der Waals surface area (Å²) in [5.74, 6) is -0.568. The van der Waals surface area contributed by atoms with E-state index in [0.717, 1.165) is 25.7 Å². The van der Waals surface area contributed by atoms with Crippen LogP contribution in [0, 0.1) is 11.7 Å². The van der Waals surface area contributed by atoms with Crippen LogP contribution >= 0.6 is 11.6 Å². The van der Waals surface area contributed by atoms with Crippen molar-refractivity contribution in [1.82, 2.24) is 4.90 Å². The van der Waals surface area contributed by atoms with Crippen molar-refractivity contribution in [3.63, 3.8) is 0 Å². The summed E-state index contributed by atoms with van der Waals surface area (Å²) in [6.07, 6.45) is 4.17. The first-order chi connectivity index (χ1) is 9.54. The van der Waals surface area contributed by atoms with E-state index in [1.807, 2.05) is 0 Å². The number of hydrogen-bond donors (Lipinski definition) is 1. The molecule has 110 valence electrons. The Hall–Kier alpha value is -1.13. The molecule has 0 aliphatic heterocycles. The minimum absolute atomic E-state index is 0.0290. The third-order valence-corrected chi connectivity index (χ3v) is 4.38. The highest BCUT2D eigenvalue weighted by Crippen LogP contribution is 2.28. The molecule has 0 aromatic heterocycles. The Kier molecular flexibility index (Phi) is 5.00. The van der Waals surface area contributed by atoms with Gasteiger partial charge in [-0.15, -0.1) is 0 Å². The highest BCUT2D eigenvalue weighted by Gasteiger charge is 2.31. The smallest absolute Gasteiger partial charge is 0.256 e. The quantitative estimate of drug-likeness (QED) is 0.932. The van der Waals surface area contributed by atoms with E-state index in [-0.39, 0.29) is 17.5 Å². The molecule has 0 bridgehead atoms. The average Bonchev–Trinajstić information content (AvgIpc) is 2.48. The Balaban J connectivity index is 2.21. The Bertz CT molecular complexity index is 495. The molecule has 2 atom stereocenters. The van der Waals surface area contributed by atoms with E-state index in [0.29, 0.717) is 17.5 Å². The van der Waals surface area contributed by atoms with E-state index in [1.165, 1.54) is 18.2 Å². The van der Waals surface area contributed by atoms with Crippen molar-refractivity contribution in [2.75, 3.05) is 13.6 Å². The summed E-state index contributed by atoms with van der Waals surface area (Å²) in [4.78, 5) is 14.1. The number of amides is 1. The zero-order valence-corrected chi connectivity index (χ0v) is 12.4. The molecule has 0 saturated heterocycles. The topological polar surface area (TPSA) is 46.3 Å². The highest BCUT2D eigenvalue weighted by molar-refractivity contribution is 6.31. The molecule has 2 unspecified atom stereocenters. The molecule has 1 aromatic carbocycles. The van der Waals surface area contributed by atoms with E-state index in [2.05, 4.69) is 0 Å². The van der Waals surface area contributed by atoms with Crippen molar-refractivity contribution in [3.05, 3.63) is 34.6 Å². The number of carbonyl (C=O) groups excluding carboxylic acids is 1. The second kappa shape index (κ2) is 6.55. The molecule has 1 fully saturated rings. The average molecular weight is 299 g/mol. The SMILES string of the molecule is CN(C(=O)c1cc(Cl)ccc1F)C1CCCCC1CN. The van der Waals surface area contributed by atoms with Gasteiger partial charge in [0.05, 0.1) is 5.56 Å². The van der Waals surface area contributed by atoms with Gasteiger partial charge in [0.1, 0.15) is 5.82 Å². The van der Waals surface area contributed by atoms with E-state index >= 15 is 0 Å². The van der Waals surface area contributed by atoms with E-state index in [9.17, 15) is 9.18 Å². The van der Waals surface area contributed by atoms with Gasteiger partial charge >= 0.3 is 0 Å². The Morgan fingerprint density at radius 2 is 2.15 bits per heavy atom. The summed E-state index contributed by atoms with van der Waals surface area (Å²) in [7, 11) is 1.72. The largest absolute Gasteiger partial charge is 0.338 e. The third-order valence-electron chi connectivity index (χ3n) is 4.15. The van der Waals surface area contributed by atoms with Crippen molar-refractivity contribution >= 4 is 17.5 Å². The van der Waals surface area contributed by atoms with Gasteiger partial charge in [-0.3, -0.25) is 4.79 Å². The number of hydrogen-bond acceptors (Lipinski definition) is 2. The van der Waals surface area contributed by atoms with Crippen LogP contribution in [-0.4, -0.2) is 30.4 Å². The van der Waals surface area contributed by atoms with E-state index in [4.69, 9.17) is 17.3 Å². The number of nitrogens with two attached hydrogens (primary N) is 1. The van der Waals surface area contributed by atoms with Gasteiger partial charge in [-0.1, -0.05) is 24.4 Å². The minimum Gasteiger partial charge on any atom is -0.338 e. The Morgan fingerprint density at radius 1 is 1.45 bits per heavy atom. The zero-order chi connectivity index (χ0) is 14.7. The summed E-state index contributed by atoms with van der Waals surface area (Å²) >= 11 is 5.85. The molecule has 5 heteroatoms. The summed E-state index contributed by atoms with van der Waals surface area (Å²) in [5.41, 5.74) is 5.82. The lowest BCUT2D eigenvalue weighted by atomic mass is 9.83. The number of halogens is 2. The van der Waals surface area contributed by atoms with Crippen LogP contribution < -0.4 is 5.73 Å². The van der Waals surface area contributed by atoms with Gasteiger partial charge in [0, 0.05) is 18.1 Å². The lowest BCUT2D eigenvalue weighted by Crippen LogP contribution is -2.46. The third kappa shape index (κ3) is 3.13. The maximum absolute atomic E-state index is 13.8. The summed E-state index contributed by atoms with van der Waals surface area (Å²) in [5, 5.41) is 0.363. The van der Waals surface area contributed by atoms with Gasteiger partial charge in [0.15, 0.2) is 0 Å². The zero-order valence-electron chi connectivity index (χ0n) is 11.6. The number of benzene rings is 1. The fourth-order valence-electron chi connectivity index (χ4n) is 2.97. The lowest BCUT2D eigenvalue weighted by Gasteiger charge is -2.37. The summed E-state index contributed by atoms with van der Waals surface area (Å²) in [6, 6.07) is 4.14. The molecule has 3 nitrogen and oxygen atoms in total. The molecule has 0 spiro atoms. The number of nitrogens with zero attached hydrogens (tertiary/aromatic N) is 1. The van der Waals surface area contributed by atoms with Crippen molar-refractivity contribution in [2.45, 2.75) is 31.7 Å². The first-order valence-electron chi connectivity index (χ1n) is 6.97. The van der Waals surface area contributed by atoms with E-state index < -0.39 is 5.82 Å². The number of rotatable bonds is 3. The Morgan fingerprint density at radius 3 is 2.85 bits per heavy atom. The molecule has 2 rings (SSSR count). The highest BCUT2D eigenvalue weighted by atomic mass is 35.5. The molecule has 2 N–H and O–H groups in total. The monoisotopic (exact) mass is 298 g/mol. The fraction of sp³-hybridized carbons (Fsp3) is 0.533. The molecular weight excluding hydrogens is 279 g/mol. The molecule has 0 heterocycles. The molecule has 1 aromatic rings. The Labute approximate surface area is 123 Å². The molecular formula is C15H20ClFN2O. The van der Waals surface area contributed by atoms with E-state index in [1.54, 1.807) is 11.9 Å². The predicted octanol–water partition coefficient (Wildman–Crippen LogP) is 3.07. The van der Waals surface area contributed by atoms with Crippen molar-refractivity contribution in [3.8, 4) is 0 Å². The maximum Gasteiger partial charge on any atom is 0.256 e. The van der Waals surface area contributed by atoms with Gasteiger partial charge in [0.2, 0.25) is 0 Å². The van der Waals surface area contributed by atoms with Gasteiger partial charge in [0.25, 0.3) is 5.91 Å². The van der Waals surface area contributed by atoms with Crippen LogP contribution in [0.15, 0.2) is 18.2 Å².